The van der Waals surface area contributed by atoms with Crippen molar-refractivity contribution in [3.05, 3.63) is 44.0 Å². The molecule has 1 fully saturated rings. The highest BCUT2D eigenvalue weighted by atomic mass is 79.9. The summed E-state index contributed by atoms with van der Waals surface area (Å²) in [5.74, 6) is 0.361. The Hall–Kier alpha value is -1.50. The maximum atomic E-state index is 11.0. The smallest absolute Gasteiger partial charge is 0.258 e. The molecule has 0 radical (unpaired) electrons. The molecule has 2 rings (SSSR count). The summed E-state index contributed by atoms with van der Waals surface area (Å²) >= 11 is 3.58. The summed E-state index contributed by atoms with van der Waals surface area (Å²) in [6.45, 7) is 0. The molecule has 0 aliphatic heterocycles. The molecule has 0 bridgehead atoms. The number of halogens is 1. The summed E-state index contributed by atoms with van der Waals surface area (Å²) in [6, 6.07) is 3.89. The van der Waals surface area contributed by atoms with Gasteiger partial charge in [0.15, 0.2) is 0 Å². The highest BCUT2D eigenvalue weighted by molar-refractivity contribution is 9.09. The van der Waals surface area contributed by atoms with Crippen molar-refractivity contribution in [3.8, 4) is 0 Å². The van der Waals surface area contributed by atoms with Crippen molar-refractivity contribution in [2.75, 3.05) is 0 Å². The molecule has 0 amide bonds. The normalized spacial score (nSPS) is 22.4. The first kappa shape index (κ1) is 13.9. The van der Waals surface area contributed by atoms with E-state index in [1.165, 1.54) is 12.1 Å². The summed E-state index contributed by atoms with van der Waals surface area (Å²) in [5, 5.41) is 21.7. The van der Waals surface area contributed by atoms with Gasteiger partial charge in [0.25, 0.3) is 11.4 Å². The van der Waals surface area contributed by atoms with Gasteiger partial charge in [0.05, 0.1) is 15.9 Å². The van der Waals surface area contributed by atoms with Gasteiger partial charge < -0.3 is 0 Å². The predicted octanol–water partition coefficient (Wildman–Crippen LogP) is 3.61. The summed E-state index contributed by atoms with van der Waals surface area (Å²) in [7, 11) is 0. The average Bonchev–Trinajstić information content (AvgIpc) is 2.75. The zero-order chi connectivity index (χ0) is 14.0. The Morgan fingerprint density at radius 2 is 1.95 bits per heavy atom. The Balaban J connectivity index is 2.29. The lowest BCUT2D eigenvalue weighted by Gasteiger charge is -2.13. The van der Waals surface area contributed by atoms with Gasteiger partial charge in [0.2, 0.25) is 0 Å². The van der Waals surface area contributed by atoms with Gasteiger partial charge in [-0.25, -0.2) is 0 Å². The first-order valence-electron chi connectivity index (χ1n) is 6.05. The Kier molecular flexibility index (Phi) is 4.14. The van der Waals surface area contributed by atoms with E-state index >= 15 is 0 Å². The molecular formula is C12H13BrN2O4. The second-order valence-electron chi connectivity index (χ2n) is 4.74. The zero-order valence-electron chi connectivity index (χ0n) is 10.1. The van der Waals surface area contributed by atoms with Crippen LogP contribution in [0.2, 0.25) is 0 Å². The Bertz CT molecular complexity index is 520. The molecule has 1 aliphatic carbocycles. The number of nitro groups is 2. The van der Waals surface area contributed by atoms with E-state index in [9.17, 15) is 20.2 Å². The van der Waals surface area contributed by atoms with Crippen LogP contribution in [0.1, 0.15) is 24.8 Å². The van der Waals surface area contributed by atoms with E-state index in [4.69, 9.17) is 0 Å². The minimum absolute atomic E-state index is 0.152. The Labute approximate surface area is 118 Å². The van der Waals surface area contributed by atoms with E-state index in [0.717, 1.165) is 25.3 Å². The van der Waals surface area contributed by atoms with Gasteiger partial charge in [-0.1, -0.05) is 22.4 Å². The highest BCUT2D eigenvalue weighted by Gasteiger charge is 2.28. The number of hydrogen-bond acceptors (Lipinski definition) is 4. The first-order valence-corrected chi connectivity index (χ1v) is 6.96. The molecule has 7 heteroatoms. The topological polar surface area (TPSA) is 86.3 Å². The SMILES string of the molecule is O=[N+]([O-])c1ccc(CC2CCCC2Br)c([N+](=O)[O-])c1. The summed E-state index contributed by atoms with van der Waals surface area (Å²) in [5.41, 5.74) is 0.185. The van der Waals surface area contributed by atoms with Crippen molar-refractivity contribution in [2.24, 2.45) is 5.92 Å². The number of rotatable bonds is 4. The van der Waals surface area contributed by atoms with Crippen molar-refractivity contribution in [3.63, 3.8) is 0 Å². The average molecular weight is 329 g/mol. The molecule has 1 aliphatic rings. The van der Waals surface area contributed by atoms with E-state index in [2.05, 4.69) is 15.9 Å². The lowest BCUT2D eigenvalue weighted by atomic mass is 9.96. The highest BCUT2D eigenvalue weighted by Crippen LogP contribution is 2.36. The monoisotopic (exact) mass is 328 g/mol. The first-order chi connectivity index (χ1) is 8.99. The molecule has 0 heterocycles. The molecule has 0 N–H and O–H groups in total. The van der Waals surface area contributed by atoms with Crippen LogP contribution in [0.5, 0.6) is 0 Å². The third-order valence-electron chi connectivity index (χ3n) is 3.52. The minimum atomic E-state index is -0.611. The fraction of sp³-hybridized carbons (Fsp3) is 0.500. The van der Waals surface area contributed by atoms with Gasteiger partial charge >= 0.3 is 0 Å². The van der Waals surface area contributed by atoms with Crippen molar-refractivity contribution >= 4 is 27.3 Å². The standard InChI is InChI=1S/C12H13BrN2O4/c13-11-3-1-2-8(11)6-9-4-5-10(14(16)17)7-12(9)15(18)19/h4-5,7-8,11H,1-3,6H2. The number of nitrogens with zero attached hydrogens (tertiary/aromatic N) is 2. The summed E-state index contributed by atoms with van der Waals surface area (Å²) in [4.78, 5) is 20.9. The van der Waals surface area contributed by atoms with Gasteiger partial charge in [0, 0.05) is 16.5 Å². The van der Waals surface area contributed by atoms with Crippen LogP contribution in [0.25, 0.3) is 0 Å². The van der Waals surface area contributed by atoms with Crippen LogP contribution in [0, 0.1) is 26.1 Å². The molecule has 0 spiro atoms. The third kappa shape index (κ3) is 3.09. The number of hydrogen-bond donors (Lipinski definition) is 0. The van der Waals surface area contributed by atoms with Crippen LogP contribution in [0.15, 0.2) is 18.2 Å². The predicted molar refractivity (Wildman–Crippen MR) is 73.5 cm³/mol. The van der Waals surface area contributed by atoms with Gasteiger partial charge in [-0.15, -0.1) is 0 Å². The van der Waals surface area contributed by atoms with E-state index in [1.807, 2.05) is 0 Å². The number of alkyl halides is 1. The molecule has 19 heavy (non-hydrogen) atoms. The number of non-ortho nitro benzene ring substituents is 1. The second kappa shape index (κ2) is 5.64. The van der Waals surface area contributed by atoms with Crippen LogP contribution in [-0.4, -0.2) is 14.7 Å². The Morgan fingerprint density at radius 1 is 1.21 bits per heavy atom. The molecule has 0 saturated heterocycles. The summed E-state index contributed by atoms with van der Waals surface area (Å²) < 4.78 is 0. The van der Waals surface area contributed by atoms with Crippen LogP contribution < -0.4 is 0 Å². The quantitative estimate of drug-likeness (QED) is 0.480. The molecule has 102 valence electrons. The zero-order valence-corrected chi connectivity index (χ0v) is 11.7. The van der Waals surface area contributed by atoms with Crippen LogP contribution >= 0.6 is 15.9 Å². The molecule has 1 saturated carbocycles. The van der Waals surface area contributed by atoms with Gasteiger partial charge in [-0.2, -0.15) is 0 Å². The van der Waals surface area contributed by atoms with E-state index in [1.54, 1.807) is 0 Å². The van der Waals surface area contributed by atoms with E-state index < -0.39 is 9.85 Å². The van der Waals surface area contributed by atoms with Crippen LogP contribution in [0.3, 0.4) is 0 Å². The third-order valence-corrected chi connectivity index (χ3v) is 4.73. The minimum Gasteiger partial charge on any atom is -0.258 e. The molecule has 1 aromatic rings. The summed E-state index contributed by atoms with van der Waals surface area (Å²) in [6.07, 6.45) is 3.81. The lowest BCUT2D eigenvalue weighted by Crippen LogP contribution is -2.11. The maximum absolute atomic E-state index is 11.0. The molecule has 2 atom stereocenters. The molecular weight excluding hydrogens is 316 g/mol. The van der Waals surface area contributed by atoms with Gasteiger partial charge in [-0.3, -0.25) is 20.2 Å². The van der Waals surface area contributed by atoms with Crippen LogP contribution in [-0.2, 0) is 6.42 Å². The van der Waals surface area contributed by atoms with Crippen molar-refractivity contribution in [1.82, 2.24) is 0 Å². The number of benzene rings is 1. The van der Waals surface area contributed by atoms with Crippen molar-refractivity contribution < 1.29 is 9.85 Å². The van der Waals surface area contributed by atoms with E-state index in [0.29, 0.717) is 22.7 Å². The van der Waals surface area contributed by atoms with Gasteiger partial charge in [-0.05, 0) is 31.2 Å². The van der Waals surface area contributed by atoms with Crippen molar-refractivity contribution in [1.29, 1.82) is 0 Å². The van der Waals surface area contributed by atoms with Gasteiger partial charge in [0.1, 0.15) is 0 Å². The largest absolute Gasteiger partial charge is 0.279 e. The molecule has 1 aromatic carbocycles. The van der Waals surface area contributed by atoms with E-state index in [-0.39, 0.29) is 11.4 Å². The second-order valence-corrected chi connectivity index (χ2v) is 5.91. The molecule has 6 nitrogen and oxygen atoms in total. The fourth-order valence-corrected chi connectivity index (χ4v) is 3.29. The number of nitro benzene ring substituents is 2. The molecule has 0 aromatic heterocycles. The maximum Gasteiger partial charge on any atom is 0.279 e. The van der Waals surface area contributed by atoms with Crippen LogP contribution in [0.4, 0.5) is 11.4 Å². The fourth-order valence-electron chi connectivity index (χ4n) is 2.51. The Morgan fingerprint density at radius 3 is 2.47 bits per heavy atom. The lowest BCUT2D eigenvalue weighted by molar-refractivity contribution is -0.394. The molecule has 2 unspecified atom stereocenters. The van der Waals surface area contributed by atoms with Crippen molar-refractivity contribution in [2.45, 2.75) is 30.5 Å².